The van der Waals surface area contributed by atoms with Crippen LogP contribution in [0.2, 0.25) is 0 Å². The van der Waals surface area contributed by atoms with Crippen LogP contribution in [0.5, 0.6) is 0 Å². The molecule has 1 aromatic carbocycles. The number of nitrogens with zero attached hydrogens (tertiary/aromatic N) is 3. The first-order chi connectivity index (χ1) is 12.2. The van der Waals surface area contributed by atoms with Crippen molar-refractivity contribution in [1.29, 1.82) is 0 Å². The van der Waals surface area contributed by atoms with E-state index in [-0.39, 0.29) is 11.9 Å². The normalized spacial score (nSPS) is 18.0. The van der Waals surface area contributed by atoms with Crippen molar-refractivity contribution in [2.75, 3.05) is 6.54 Å². The molecule has 1 fully saturated rings. The molecule has 0 bridgehead atoms. The van der Waals surface area contributed by atoms with Gasteiger partial charge in [-0.15, -0.1) is 0 Å². The third kappa shape index (κ3) is 3.16. The van der Waals surface area contributed by atoms with Crippen LogP contribution in [0.1, 0.15) is 48.8 Å². The van der Waals surface area contributed by atoms with Crippen molar-refractivity contribution in [2.45, 2.75) is 45.1 Å². The fourth-order valence-corrected chi connectivity index (χ4v) is 3.72. The minimum atomic E-state index is 0.124. The standard InChI is InChI=1S/C19H23N5O/c1-13-12-20-23-19(13)16-8-4-5-11-24(16)18(25)10-9-17-21-14-6-2-3-7-15(14)22-17/h2-3,6-7,12,16H,4-5,8-11H2,1H3,(H,20,23)(H,21,22). The minimum Gasteiger partial charge on any atom is -0.342 e. The topological polar surface area (TPSA) is 77.7 Å². The highest BCUT2D eigenvalue weighted by Gasteiger charge is 2.29. The monoisotopic (exact) mass is 337 g/mol. The molecule has 0 spiro atoms. The van der Waals surface area contributed by atoms with E-state index in [1.54, 1.807) is 0 Å². The number of benzene rings is 1. The maximum atomic E-state index is 12.9. The Bertz CT molecular complexity index is 848. The molecule has 3 heterocycles. The van der Waals surface area contributed by atoms with E-state index in [0.717, 1.165) is 53.9 Å². The number of likely N-dealkylation sites (tertiary alicyclic amines) is 1. The smallest absolute Gasteiger partial charge is 0.223 e. The lowest BCUT2D eigenvalue weighted by molar-refractivity contribution is -0.135. The van der Waals surface area contributed by atoms with E-state index < -0.39 is 0 Å². The summed E-state index contributed by atoms with van der Waals surface area (Å²) in [6, 6.07) is 8.08. The molecule has 1 aliphatic heterocycles. The number of aromatic nitrogens is 4. The van der Waals surface area contributed by atoms with Crippen LogP contribution in [-0.2, 0) is 11.2 Å². The lowest BCUT2D eigenvalue weighted by Gasteiger charge is -2.35. The lowest BCUT2D eigenvalue weighted by atomic mass is 9.97. The number of para-hydroxylation sites is 2. The molecule has 0 saturated carbocycles. The molecule has 25 heavy (non-hydrogen) atoms. The number of rotatable bonds is 4. The third-order valence-corrected chi connectivity index (χ3v) is 5.04. The van der Waals surface area contributed by atoms with E-state index in [4.69, 9.17) is 0 Å². The largest absolute Gasteiger partial charge is 0.342 e. The number of H-pyrrole nitrogens is 2. The first kappa shape index (κ1) is 15.9. The summed E-state index contributed by atoms with van der Waals surface area (Å²) in [5.74, 6) is 1.07. The van der Waals surface area contributed by atoms with Crippen molar-refractivity contribution in [1.82, 2.24) is 25.1 Å². The van der Waals surface area contributed by atoms with Crippen molar-refractivity contribution in [3.8, 4) is 0 Å². The molecule has 2 N–H and O–H groups in total. The number of imidazole rings is 1. The van der Waals surface area contributed by atoms with Crippen molar-refractivity contribution in [3.05, 3.63) is 47.5 Å². The number of fused-ring (bicyclic) bond motifs is 1. The highest BCUT2D eigenvalue weighted by Crippen LogP contribution is 2.31. The molecule has 6 heteroatoms. The molecule has 1 aliphatic rings. The number of amides is 1. The van der Waals surface area contributed by atoms with Gasteiger partial charge in [-0.2, -0.15) is 5.10 Å². The van der Waals surface area contributed by atoms with Crippen molar-refractivity contribution < 1.29 is 4.79 Å². The van der Waals surface area contributed by atoms with Gasteiger partial charge in [0.1, 0.15) is 5.82 Å². The average molecular weight is 337 g/mol. The Morgan fingerprint density at radius 3 is 3.00 bits per heavy atom. The Balaban J connectivity index is 1.46. The molecule has 1 amide bonds. The molecule has 6 nitrogen and oxygen atoms in total. The van der Waals surface area contributed by atoms with Gasteiger partial charge in [0.25, 0.3) is 0 Å². The van der Waals surface area contributed by atoms with E-state index in [2.05, 4.69) is 20.2 Å². The Morgan fingerprint density at radius 2 is 2.20 bits per heavy atom. The molecule has 1 saturated heterocycles. The van der Waals surface area contributed by atoms with Crippen LogP contribution in [0, 0.1) is 6.92 Å². The summed E-state index contributed by atoms with van der Waals surface area (Å²) < 4.78 is 0. The third-order valence-electron chi connectivity index (χ3n) is 5.04. The summed E-state index contributed by atoms with van der Waals surface area (Å²) in [5, 5.41) is 7.22. The van der Waals surface area contributed by atoms with E-state index in [0.29, 0.717) is 12.8 Å². The molecular formula is C19H23N5O. The highest BCUT2D eigenvalue weighted by atomic mass is 16.2. The summed E-state index contributed by atoms with van der Waals surface area (Å²) in [7, 11) is 0. The fraction of sp³-hybridized carbons (Fsp3) is 0.421. The number of carbonyl (C=O) groups is 1. The Kier molecular flexibility index (Phi) is 4.26. The van der Waals surface area contributed by atoms with Crippen molar-refractivity contribution >= 4 is 16.9 Å². The SMILES string of the molecule is Cc1cn[nH]c1C1CCCCN1C(=O)CCc1nc2ccccc2[nH]1. The Hall–Kier alpha value is -2.63. The van der Waals surface area contributed by atoms with E-state index in [9.17, 15) is 4.79 Å². The second-order valence-electron chi connectivity index (χ2n) is 6.77. The van der Waals surface area contributed by atoms with Crippen LogP contribution < -0.4 is 0 Å². The maximum Gasteiger partial charge on any atom is 0.223 e. The first-order valence-corrected chi connectivity index (χ1v) is 8.95. The van der Waals surface area contributed by atoms with Gasteiger partial charge in [0.05, 0.1) is 29.0 Å². The second kappa shape index (κ2) is 6.70. The maximum absolute atomic E-state index is 12.9. The summed E-state index contributed by atoms with van der Waals surface area (Å²) in [4.78, 5) is 22.7. The van der Waals surface area contributed by atoms with E-state index in [1.165, 1.54) is 0 Å². The molecule has 0 radical (unpaired) electrons. The molecule has 1 atom stereocenters. The number of aryl methyl sites for hydroxylation is 2. The summed E-state index contributed by atoms with van der Waals surface area (Å²) in [6.07, 6.45) is 6.17. The van der Waals surface area contributed by atoms with Crippen LogP contribution in [0.15, 0.2) is 30.5 Å². The zero-order valence-electron chi connectivity index (χ0n) is 14.5. The first-order valence-electron chi connectivity index (χ1n) is 8.95. The molecule has 130 valence electrons. The molecule has 4 rings (SSSR count). The van der Waals surface area contributed by atoms with Gasteiger partial charge in [-0.05, 0) is 43.9 Å². The minimum absolute atomic E-state index is 0.124. The van der Waals surface area contributed by atoms with Gasteiger partial charge in [0.15, 0.2) is 0 Å². The Labute approximate surface area is 146 Å². The second-order valence-corrected chi connectivity index (χ2v) is 6.77. The predicted octanol–water partition coefficient (Wildman–Crippen LogP) is 3.28. The number of hydrogen-bond donors (Lipinski definition) is 2. The van der Waals surface area contributed by atoms with Gasteiger partial charge in [-0.3, -0.25) is 9.89 Å². The zero-order valence-corrected chi connectivity index (χ0v) is 14.5. The fourth-order valence-electron chi connectivity index (χ4n) is 3.72. The summed E-state index contributed by atoms with van der Waals surface area (Å²) in [6.45, 7) is 2.87. The van der Waals surface area contributed by atoms with Crippen LogP contribution in [0.4, 0.5) is 0 Å². The molecule has 3 aromatic rings. The number of piperidine rings is 1. The average Bonchev–Trinajstić information content (AvgIpc) is 3.25. The van der Waals surface area contributed by atoms with Gasteiger partial charge < -0.3 is 9.88 Å². The lowest BCUT2D eigenvalue weighted by Crippen LogP contribution is -2.39. The van der Waals surface area contributed by atoms with Crippen molar-refractivity contribution in [3.63, 3.8) is 0 Å². The van der Waals surface area contributed by atoms with Crippen LogP contribution in [-0.4, -0.2) is 37.5 Å². The van der Waals surface area contributed by atoms with Crippen LogP contribution in [0.25, 0.3) is 11.0 Å². The molecular weight excluding hydrogens is 314 g/mol. The van der Waals surface area contributed by atoms with Gasteiger partial charge in [0, 0.05) is 19.4 Å². The van der Waals surface area contributed by atoms with Crippen LogP contribution >= 0.6 is 0 Å². The quantitative estimate of drug-likeness (QED) is 0.767. The number of hydrogen-bond acceptors (Lipinski definition) is 3. The highest BCUT2D eigenvalue weighted by molar-refractivity contribution is 5.78. The Morgan fingerprint density at radius 1 is 1.32 bits per heavy atom. The van der Waals surface area contributed by atoms with E-state index in [1.807, 2.05) is 42.3 Å². The van der Waals surface area contributed by atoms with Crippen LogP contribution in [0.3, 0.4) is 0 Å². The number of aromatic amines is 2. The van der Waals surface area contributed by atoms with Crippen molar-refractivity contribution in [2.24, 2.45) is 0 Å². The molecule has 0 aliphatic carbocycles. The molecule has 1 unspecified atom stereocenters. The summed E-state index contributed by atoms with van der Waals surface area (Å²) in [5.41, 5.74) is 4.18. The molecule has 2 aromatic heterocycles. The van der Waals surface area contributed by atoms with Gasteiger partial charge in [-0.1, -0.05) is 12.1 Å². The van der Waals surface area contributed by atoms with Gasteiger partial charge in [0.2, 0.25) is 5.91 Å². The predicted molar refractivity (Wildman–Crippen MR) is 96.0 cm³/mol. The van der Waals surface area contributed by atoms with E-state index >= 15 is 0 Å². The van der Waals surface area contributed by atoms with Gasteiger partial charge >= 0.3 is 0 Å². The zero-order chi connectivity index (χ0) is 17.2. The summed E-state index contributed by atoms with van der Waals surface area (Å²) >= 11 is 0. The number of carbonyl (C=O) groups excluding carboxylic acids is 1. The van der Waals surface area contributed by atoms with Gasteiger partial charge in [-0.25, -0.2) is 4.98 Å². The number of nitrogens with one attached hydrogen (secondary N) is 2.